The Morgan fingerprint density at radius 3 is 2.78 bits per heavy atom. The highest BCUT2D eigenvalue weighted by Crippen LogP contribution is 2.26. The third-order valence-electron chi connectivity index (χ3n) is 4.84. The van der Waals surface area contributed by atoms with Crippen molar-refractivity contribution in [2.24, 2.45) is 0 Å². The van der Waals surface area contributed by atoms with E-state index < -0.39 is 0 Å². The van der Waals surface area contributed by atoms with E-state index in [1.807, 2.05) is 48.4 Å². The summed E-state index contributed by atoms with van der Waals surface area (Å²) < 4.78 is 2.31. The summed E-state index contributed by atoms with van der Waals surface area (Å²) in [6, 6.07) is 7.91. The normalized spacial score (nSPS) is 14.2. The van der Waals surface area contributed by atoms with Crippen molar-refractivity contribution in [2.45, 2.75) is 31.8 Å². The summed E-state index contributed by atoms with van der Waals surface area (Å²) in [6.07, 6.45) is 2.14. The van der Waals surface area contributed by atoms with Crippen LogP contribution in [0.5, 0.6) is 0 Å². The highest BCUT2D eigenvalue weighted by Gasteiger charge is 2.21. The molecule has 0 saturated carbocycles. The zero-order valence-electron chi connectivity index (χ0n) is 15.4. The first-order valence-electron chi connectivity index (χ1n) is 9.03. The van der Waals surface area contributed by atoms with Gasteiger partial charge in [0.1, 0.15) is 4.70 Å². The van der Waals surface area contributed by atoms with Gasteiger partial charge in [0.25, 0.3) is 5.56 Å². The number of aryl methyl sites for hydroxylation is 2. The summed E-state index contributed by atoms with van der Waals surface area (Å²) in [6.45, 7) is 5.67. The molecule has 1 aromatic carbocycles. The Morgan fingerprint density at radius 1 is 1.22 bits per heavy atom. The highest BCUT2D eigenvalue weighted by molar-refractivity contribution is 7.99. The average molecular weight is 400 g/mol. The maximum Gasteiger partial charge on any atom is 0.276 e. The maximum absolute atomic E-state index is 13.2. The zero-order valence-corrected chi connectivity index (χ0v) is 17.0. The van der Waals surface area contributed by atoms with Crippen molar-refractivity contribution in [2.75, 3.05) is 18.8 Å². The Kier molecular flexibility index (Phi) is 5.06. The number of carbonyl (C=O) groups excluding carboxylic acids is 1. The van der Waals surface area contributed by atoms with E-state index in [0.717, 1.165) is 42.7 Å². The van der Waals surface area contributed by atoms with Crippen molar-refractivity contribution in [3.05, 3.63) is 51.1 Å². The molecule has 0 aliphatic carbocycles. The molecule has 3 aromatic rings. The van der Waals surface area contributed by atoms with Gasteiger partial charge in [-0.3, -0.25) is 14.2 Å². The van der Waals surface area contributed by atoms with Gasteiger partial charge < -0.3 is 4.90 Å². The van der Waals surface area contributed by atoms with Crippen LogP contribution >= 0.6 is 23.1 Å². The number of hydrogen-bond acceptors (Lipinski definition) is 5. The number of benzene rings is 1. The van der Waals surface area contributed by atoms with Crippen molar-refractivity contribution < 1.29 is 4.79 Å². The van der Waals surface area contributed by atoms with Crippen LogP contribution in [0.3, 0.4) is 0 Å². The number of likely N-dealkylation sites (tertiary alicyclic amines) is 1. The smallest absolute Gasteiger partial charge is 0.276 e. The minimum Gasteiger partial charge on any atom is -0.342 e. The molecule has 0 atom stereocenters. The van der Waals surface area contributed by atoms with E-state index in [1.54, 1.807) is 4.57 Å². The highest BCUT2D eigenvalue weighted by atomic mass is 32.2. The van der Waals surface area contributed by atoms with E-state index in [1.165, 1.54) is 23.1 Å². The molecule has 1 saturated heterocycles. The van der Waals surface area contributed by atoms with E-state index in [-0.39, 0.29) is 11.5 Å². The minimum absolute atomic E-state index is 0.0696. The molecular weight excluding hydrogens is 378 g/mol. The zero-order chi connectivity index (χ0) is 19.0. The number of hydrogen-bond donors (Lipinski definition) is 0. The van der Waals surface area contributed by atoms with Gasteiger partial charge in [0.2, 0.25) is 5.91 Å². The second-order valence-corrected chi connectivity index (χ2v) is 8.70. The second-order valence-electron chi connectivity index (χ2n) is 6.84. The molecule has 4 rings (SSSR count). The molecule has 140 valence electrons. The lowest BCUT2D eigenvalue weighted by atomic mass is 10.1. The summed E-state index contributed by atoms with van der Waals surface area (Å²) in [7, 11) is 0. The summed E-state index contributed by atoms with van der Waals surface area (Å²) in [4.78, 5) is 32.3. The molecule has 0 bridgehead atoms. The van der Waals surface area contributed by atoms with Crippen molar-refractivity contribution in [1.29, 1.82) is 0 Å². The Bertz CT molecular complexity index is 1060. The Hall–Kier alpha value is -2.12. The number of thioether (sulfide) groups is 1. The van der Waals surface area contributed by atoms with Gasteiger partial charge in [-0.1, -0.05) is 23.9 Å². The third-order valence-corrected chi connectivity index (χ3v) is 6.65. The number of aromatic nitrogens is 2. The number of nitrogens with zero attached hydrogens (tertiary/aromatic N) is 3. The van der Waals surface area contributed by atoms with Gasteiger partial charge in [-0.25, -0.2) is 4.98 Å². The van der Waals surface area contributed by atoms with Crippen LogP contribution in [0.4, 0.5) is 0 Å². The Morgan fingerprint density at radius 2 is 2.00 bits per heavy atom. The first-order chi connectivity index (χ1) is 13.0. The van der Waals surface area contributed by atoms with Crippen molar-refractivity contribution in [3.8, 4) is 5.69 Å². The molecule has 2 aromatic heterocycles. The van der Waals surface area contributed by atoms with E-state index in [2.05, 4.69) is 0 Å². The van der Waals surface area contributed by atoms with Crippen LogP contribution in [-0.2, 0) is 4.79 Å². The molecular formula is C20H21N3O2S2. The fraction of sp³-hybridized carbons (Fsp3) is 0.350. The van der Waals surface area contributed by atoms with Gasteiger partial charge in [-0.05, 0) is 55.3 Å². The summed E-state index contributed by atoms with van der Waals surface area (Å²) in [5.74, 6) is 0.414. The van der Waals surface area contributed by atoms with Crippen molar-refractivity contribution in [1.82, 2.24) is 14.5 Å². The molecule has 27 heavy (non-hydrogen) atoms. The average Bonchev–Trinajstić information content (AvgIpc) is 3.34. The van der Waals surface area contributed by atoms with Crippen LogP contribution in [0.15, 0.2) is 39.6 Å². The second kappa shape index (κ2) is 7.48. The van der Waals surface area contributed by atoms with E-state index >= 15 is 0 Å². The molecule has 7 heteroatoms. The molecule has 3 heterocycles. The van der Waals surface area contributed by atoms with Crippen LogP contribution < -0.4 is 5.56 Å². The predicted octanol–water partition coefficient (Wildman–Crippen LogP) is 3.78. The lowest BCUT2D eigenvalue weighted by Crippen LogP contribution is -2.29. The van der Waals surface area contributed by atoms with Crippen LogP contribution in [0.1, 0.15) is 24.0 Å². The van der Waals surface area contributed by atoms with E-state index in [9.17, 15) is 9.59 Å². The van der Waals surface area contributed by atoms with Crippen LogP contribution in [-0.4, -0.2) is 39.2 Å². The molecule has 0 N–H and O–H groups in total. The van der Waals surface area contributed by atoms with Crippen LogP contribution in [0, 0.1) is 13.8 Å². The molecule has 1 fully saturated rings. The first-order valence-corrected chi connectivity index (χ1v) is 10.9. The lowest BCUT2D eigenvalue weighted by molar-refractivity contribution is -0.127. The molecule has 1 amide bonds. The van der Waals surface area contributed by atoms with Crippen LogP contribution in [0.2, 0.25) is 0 Å². The lowest BCUT2D eigenvalue weighted by Gasteiger charge is -2.17. The summed E-state index contributed by atoms with van der Waals surface area (Å²) in [5, 5.41) is 2.46. The van der Waals surface area contributed by atoms with Crippen LogP contribution in [0.25, 0.3) is 15.9 Å². The van der Waals surface area contributed by atoms with E-state index in [0.29, 0.717) is 21.1 Å². The van der Waals surface area contributed by atoms with Gasteiger partial charge in [0.15, 0.2) is 5.16 Å². The number of rotatable bonds is 4. The number of carbonyl (C=O) groups is 1. The molecule has 0 spiro atoms. The Balaban J connectivity index is 1.77. The number of fused-ring (bicyclic) bond motifs is 1. The maximum atomic E-state index is 13.2. The molecule has 1 aliphatic heterocycles. The van der Waals surface area contributed by atoms with Gasteiger partial charge >= 0.3 is 0 Å². The SMILES string of the molecule is Cc1ccc(C)c(-n2c(SCC(=O)N3CCCC3)nc3ccsc3c2=O)c1. The fourth-order valence-electron chi connectivity index (χ4n) is 3.35. The van der Waals surface area contributed by atoms with Crippen molar-refractivity contribution in [3.63, 3.8) is 0 Å². The Labute approximate surface area is 166 Å². The molecule has 5 nitrogen and oxygen atoms in total. The quantitative estimate of drug-likeness (QED) is 0.495. The number of amides is 1. The van der Waals surface area contributed by atoms with E-state index in [4.69, 9.17) is 4.98 Å². The first kappa shape index (κ1) is 18.3. The largest absolute Gasteiger partial charge is 0.342 e. The van der Waals surface area contributed by atoms with Gasteiger partial charge in [-0.2, -0.15) is 0 Å². The third kappa shape index (κ3) is 3.53. The van der Waals surface area contributed by atoms with Gasteiger partial charge in [-0.15, -0.1) is 11.3 Å². The monoisotopic (exact) mass is 399 g/mol. The standard InChI is InChI=1S/C20H21N3O2S2/c1-13-5-6-14(2)16(11-13)23-19(25)18-15(7-10-26-18)21-20(23)27-12-17(24)22-8-3-4-9-22/h5-7,10-11H,3-4,8-9,12H2,1-2H3. The number of thiophene rings is 1. The molecule has 1 aliphatic rings. The fourth-order valence-corrected chi connectivity index (χ4v) is 5.01. The summed E-state index contributed by atoms with van der Waals surface area (Å²) >= 11 is 2.76. The minimum atomic E-state index is -0.0696. The summed E-state index contributed by atoms with van der Waals surface area (Å²) in [5.41, 5.74) is 3.55. The van der Waals surface area contributed by atoms with Gasteiger partial charge in [0, 0.05) is 13.1 Å². The molecule has 0 radical (unpaired) electrons. The topological polar surface area (TPSA) is 55.2 Å². The van der Waals surface area contributed by atoms with Crippen molar-refractivity contribution >= 4 is 39.2 Å². The molecule has 0 unspecified atom stereocenters. The predicted molar refractivity (Wildman–Crippen MR) is 111 cm³/mol. The van der Waals surface area contributed by atoms with Gasteiger partial charge in [0.05, 0.1) is 17.0 Å².